The Morgan fingerprint density at radius 2 is 1.89 bits per heavy atom. The third-order valence-electron chi connectivity index (χ3n) is 5.30. The van der Waals surface area contributed by atoms with Crippen LogP contribution in [-0.2, 0) is 10.0 Å². The van der Waals surface area contributed by atoms with Crippen molar-refractivity contribution < 1.29 is 8.42 Å². The van der Waals surface area contributed by atoms with Gasteiger partial charge in [0.25, 0.3) is 0 Å². The predicted octanol–water partition coefficient (Wildman–Crippen LogP) is 2.48. The van der Waals surface area contributed by atoms with Crippen molar-refractivity contribution in [1.82, 2.24) is 4.31 Å². The molecule has 5 atom stereocenters. The van der Waals surface area contributed by atoms with E-state index >= 15 is 0 Å². The zero-order valence-electron chi connectivity index (χ0n) is 11.7. The van der Waals surface area contributed by atoms with E-state index in [0.29, 0.717) is 23.9 Å². The van der Waals surface area contributed by atoms with Gasteiger partial charge in [-0.15, -0.1) is 0 Å². The van der Waals surface area contributed by atoms with Gasteiger partial charge in [-0.1, -0.05) is 13.8 Å². The van der Waals surface area contributed by atoms with Crippen LogP contribution in [0.15, 0.2) is 0 Å². The Hall–Kier alpha value is -0.0900. The molecule has 0 spiro atoms. The highest BCUT2D eigenvalue weighted by atomic mass is 32.2. The smallest absolute Gasteiger partial charge is 0.211 e. The molecule has 3 nitrogen and oxygen atoms in total. The lowest BCUT2D eigenvalue weighted by Crippen LogP contribution is -2.63. The van der Waals surface area contributed by atoms with E-state index in [4.69, 9.17) is 0 Å². The summed E-state index contributed by atoms with van der Waals surface area (Å²) < 4.78 is 26.1. The van der Waals surface area contributed by atoms with Crippen LogP contribution in [0.1, 0.15) is 46.0 Å². The SMILES string of the molecule is CC(C)CC1C2CC3CC(C2)N(S(C)(=O)=O)C1C3. The summed E-state index contributed by atoms with van der Waals surface area (Å²) in [6.07, 6.45) is 7.33. The standard InChI is InChI=1S/C14H25NO2S/c1-9(2)4-13-11-5-10-6-12(8-11)15(14(13)7-10)18(3,16)17/h9-14H,4-8H2,1-3H3. The number of nitrogens with zero attached hydrogens (tertiary/aromatic N) is 1. The summed E-state index contributed by atoms with van der Waals surface area (Å²) in [6, 6.07) is 0.643. The van der Waals surface area contributed by atoms with Gasteiger partial charge in [-0.2, -0.15) is 4.31 Å². The third kappa shape index (κ3) is 2.01. The molecule has 2 saturated heterocycles. The third-order valence-corrected chi connectivity index (χ3v) is 6.64. The van der Waals surface area contributed by atoms with Crippen LogP contribution in [-0.4, -0.2) is 31.1 Å². The van der Waals surface area contributed by atoms with Gasteiger partial charge >= 0.3 is 0 Å². The van der Waals surface area contributed by atoms with E-state index in [0.717, 1.165) is 31.1 Å². The molecule has 0 N–H and O–H groups in total. The Balaban J connectivity index is 1.91. The fourth-order valence-corrected chi connectivity index (χ4v) is 6.45. The molecule has 2 heterocycles. The van der Waals surface area contributed by atoms with E-state index in [9.17, 15) is 8.42 Å². The van der Waals surface area contributed by atoms with Crippen LogP contribution >= 0.6 is 0 Å². The summed E-state index contributed by atoms with van der Waals surface area (Å²) in [6.45, 7) is 4.52. The topological polar surface area (TPSA) is 37.4 Å². The molecule has 4 heteroatoms. The summed E-state index contributed by atoms with van der Waals surface area (Å²) in [5.74, 6) is 2.90. The maximum atomic E-state index is 12.1. The van der Waals surface area contributed by atoms with Gasteiger partial charge in [-0.3, -0.25) is 0 Å². The van der Waals surface area contributed by atoms with Gasteiger partial charge in [0.05, 0.1) is 6.26 Å². The van der Waals surface area contributed by atoms with Crippen molar-refractivity contribution in [3.8, 4) is 0 Å². The van der Waals surface area contributed by atoms with Crippen LogP contribution in [0.2, 0.25) is 0 Å². The lowest BCUT2D eigenvalue weighted by molar-refractivity contribution is -0.0620. The molecule has 104 valence electrons. The Bertz CT molecular complexity index is 431. The summed E-state index contributed by atoms with van der Waals surface area (Å²) in [5.41, 5.74) is 0. The molecule has 0 aromatic heterocycles. The molecular formula is C14H25NO2S. The van der Waals surface area contributed by atoms with Crippen LogP contribution in [0.5, 0.6) is 0 Å². The maximum Gasteiger partial charge on any atom is 0.211 e. The van der Waals surface area contributed by atoms with Crippen LogP contribution < -0.4 is 0 Å². The highest BCUT2D eigenvalue weighted by Gasteiger charge is 2.54. The van der Waals surface area contributed by atoms with Crippen LogP contribution in [0.4, 0.5) is 0 Å². The van der Waals surface area contributed by atoms with E-state index in [1.807, 2.05) is 4.31 Å². The largest absolute Gasteiger partial charge is 0.212 e. The zero-order chi connectivity index (χ0) is 13.1. The van der Waals surface area contributed by atoms with Crippen LogP contribution in [0.3, 0.4) is 0 Å². The Morgan fingerprint density at radius 3 is 2.50 bits per heavy atom. The van der Waals surface area contributed by atoms with Crippen molar-refractivity contribution >= 4 is 10.0 Å². The zero-order valence-corrected chi connectivity index (χ0v) is 12.5. The highest BCUT2D eigenvalue weighted by Crippen LogP contribution is 2.54. The number of piperidine rings is 2. The van der Waals surface area contributed by atoms with Gasteiger partial charge in [-0.25, -0.2) is 8.42 Å². The first kappa shape index (κ1) is 12.9. The van der Waals surface area contributed by atoms with Crippen LogP contribution in [0.25, 0.3) is 0 Å². The fourth-order valence-electron chi connectivity index (χ4n) is 5.01. The Kier molecular flexibility index (Phi) is 3.02. The molecule has 4 rings (SSSR count). The molecule has 2 saturated carbocycles. The average molecular weight is 271 g/mol. The monoisotopic (exact) mass is 271 g/mol. The lowest BCUT2D eigenvalue weighted by atomic mass is 9.58. The second-order valence-electron chi connectivity index (χ2n) is 7.18. The van der Waals surface area contributed by atoms with Crippen molar-refractivity contribution in [3.05, 3.63) is 0 Å². The molecule has 4 fully saturated rings. The minimum atomic E-state index is -3.02. The van der Waals surface area contributed by atoms with Gasteiger partial charge in [0, 0.05) is 12.1 Å². The minimum Gasteiger partial charge on any atom is -0.212 e. The second-order valence-corrected chi connectivity index (χ2v) is 9.06. The van der Waals surface area contributed by atoms with E-state index in [2.05, 4.69) is 13.8 Å². The Morgan fingerprint density at radius 1 is 1.17 bits per heavy atom. The normalized spacial score (nSPS) is 43.9. The lowest BCUT2D eigenvalue weighted by Gasteiger charge is -2.59. The molecule has 0 aromatic rings. The van der Waals surface area contributed by atoms with Gasteiger partial charge in [0.1, 0.15) is 0 Å². The molecule has 0 aromatic carbocycles. The summed E-state index contributed by atoms with van der Waals surface area (Å²) in [7, 11) is -3.02. The molecule has 0 radical (unpaired) electrons. The summed E-state index contributed by atoms with van der Waals surface area (Å²) in [5, 5.41) is 0. The van der Waals surface area contributed by atoms with Gasteiger partial charge in [0.15, 0.2) is 0 Å². The molecular weight excluding hydrogens is 246 g/mol. The molecule has 18 heavy (non-hydrogen) atoms. The maximum absolute atomic E-state index is 12.1. The summed E-state index contributed by atoms with van der Waals surface area (Å²) >= 11 is 0. The number of hydrogen-bond donors (Lipinski definition) is 0. The molecule has 0 amide bonds. The van der Waals surface area contributed by atoms with E-state index < -0.39 is 10.0 Å². The first-order valence-corrected chi connectivity index (χ1v) is 9.19. The van der Waals surface area contributed by atoms with Crippen molar-refractivity contribution in [2.24, 2.45) is 23.7 Å². The number of sulfonamides is 1. The highest BCUT2D eigenvalue weighted by molar-refractivity contribution is 7.88. The van der Waals surface area contributed by atoms with Gasteiger partial charge in [-0.05, 0) is 55.8 Å². The number of hydrogen-bond acceptors (Lipinski definition) is 2. The van der Waals surface area contributed by atoms with Crippen molar-refractivity contribution in [1.29, 1.82) is 0 Å². The first-order chi connectivity index (χ1) is 8.36. The molecule has 4 bridgehead atoms. The molecule has 2 aliphatic heterocycles. The van der Waals surface area contributed by atoms with Gasteiger partial charge < -0.3 is 0 Å². The summed E-state index contributed by atoms with van der Waals surface area (Å²) in [4.78, 5) is 0. The van der Waals surface area contributed by atoms with Gasteiger partial charge in [0.2, 0.25) is 10.0 Å². The predicted molar refractivity (Wildman–Crippen MR) is 72.7 cm³/mol. The van der Waals surface area contributed by atoms with Crippen LogP contribution in [0, 0.1) is 23.7 Å². The first-order valence-electron chi connectivity index (χ1n) is 7.34. The van der Waals surface area contributed by atoms with Crippen molar-refractivity contribution in [2.75, 3.05) is 6.26 Å². The molecule has 5 unspecified atom stereocenters. The van der Waals surface area contributed by atoms with Crippen molar-refractivity contribution in [2.45, 2.75) is 58.0 Å². The second kappa shape index (κ2) is 4.20. The fraction of sp³-hybridized carbons (Fsp3) is 1.00. The Labute approximate surface area is 111 Å². The average Bonchev–Trinajstić information content (AvgIpc) is 2.20. The van der Waals surface area contributed by atoms with E-state index in [-0.39, 0.29) is 0 Å². The quantitative estimate of drug-likeness (QED) is 0.791. The molecule has 4 aliphatic rings. The van der Waals surface area contributed by atoms with E-state index in [1.165, 1.54) is 19.1 Å². The van der Waals surface area contributed by atoms with E-state index in [1.54, 1.807) is 0 Å². The van der Waals surface area contributed by atoms with Crippen molar-refractivity contribution in [3.63, 3.8) is 0 Å². The number of rotatable bonds is 3. The molecule has 2 aliphatic carbocycles. The minimum absolute atomic E-state index is 0.318.